The van der Waals surface area contributed by atoms with Crippen LogP contribution in [0.3, 0.4) is 0 Å². The molecule has 4 atom stereocenters. The van der Waals surface area contributed by atoms with Gasteiger partial charge >= 0.3 is 0 Å². The van der Waals surface area contributed by atoms with Crippen LogP contribution in [0.1, 0.15) is 47.2 Å². The van der Waals surface area contributed by atoms with Crippen molar-refractivity contribution in [2.45, 2.75) is 57.9 Å². The fourth-order valence-corrected chi connectivity index (χ4v) is 6.03. The topological polar surface area (TPSA) is 52.4 Å². The highest BCUT2D eigenvalue weighted by atomic mass is 32.1. The second-order valence-electron chi connectivity index (χ2n) is 9.20. The molecule has 0 aromatic carbocycles. The van der Waals surface area contributed by atoms with E-state index < -0.39 is 0 Å². The summed E-state index contributed by atoms with van der Waals surface area (Å²) in [6.45, 7) is 7.10. The van der Waals surface area contributed by atoms with Gasteiger partial charge < -0.3 is 9.47 Å². The van der Waals surface area contributed by atoms with Gasteiger partial charge in [-0.3, -0.25) is 4.90 Å². The predicted octanol–water partition coefficient (Wildman–Crippen LogP) is 3.67. The Hall–Kier alpha value is -1.28. The molecule has 158 valence electrons. The number of methoxy groups -OCH3 is 1. The lowest BCUT2D eigenvalue weighted by Gasteiger charge is -2.37. The predicted molar refractivity (Wildman–Crippen MR) is 113 cm³/mol. The van der Waals surface area contributed by atoms with Gasteiger partial charge in [-0.2, -0.15) is 0 Å². The van der Waals surface area contributed by atoms with Crippen molar-refractivity contribution in [3.63, 3.8) is 0 Å². The molecule has 3 fully saturated rings. The van der Waals surface area contributed by atoms with E-state index in [0.717, 1.165) is 49.4 Å². The number of fused-ring (bicyclic) bond motifs is 1. The molecule has 0 amide bonds. The second kappa shape index (κ2) is 8.46. The van der Waals surface area contributed by atoms with E-state index in [1.807, 2.05) is 11.3 Å². The average molecular weight is 417 g/mol. The van der Waals surface area contributed by atoms with E-state index >= 15 is 0 Å². The first-order valence-electron chi connectivity index (χ1n) is 11.0. The zero-order valence-electron chi connectivity index (χ0n) is 17.5. The van der Waals surface area contributed by atoms with E-state index in [-0.39, 0.29) is 12.1 Å². The fourth-order valence-electron chi connectivity index (χ4n) is 5.10. The number of rotatable bonds is 8. The molecule has 0 radical (unpaired) electrons. The highest BCUT2D eigenvalue weighted by molar-refractivity contribution is 7.11. The Labute approximate surface area is 177 Å². The Kier molecular flexibility index (Phi) is 5.74. The van der Waals surface area contributed by atoms with Gasteiger partial charge in [-0.15, -0.1) is 16.4 Å². The van der Waals surface area contributed by atoms with Crippen LogP contribution in [0.15, 0.2) is 18.3 Å². The first kappa shape index (κ1) is 19.7. The monoisotopic (exact) mass is 416 g/mol. The molecule has 2 aromatic rings. The van der Waals surface area contributed by atoms with Crippen LogP contribution in [-0.2, 0) is 22.6 Å². The molecule has 1 aliphatic heterocycles. The summed E-state index contributed by atoms with van der Waals surface area (Å²) in [5, 5.41) is 8.76. The highest BCUT2D eigenvalue weighted by Crippen LogP contribution is 2.43. The summed E-state index contributed by atoms with van der Waals surface area (Å²) in [6, 6.07) is 4.82. The molecule has 2 aliphatic carbocycles. The van der Waals surface area contributed by atoms with Crippen LogP contribution in [0.5, 0.6) is 0 Å². The van der Waals surface area contributed by atoms with Gasteiger partial charge in [-0.25, -0.2) is 4.68 Å². The quantitative estimate of drug-likeness (QED) is 0.657. The molecule has 0 spiro atoms. The molecule has 7 heteroatoms. The van der Waals surface area contributed by atoms with Gasteiger partial charge in [0.1, 0.15) is 5.69 Å². The molecule has 2 aromatic heterocycles. The number of likely N-dealkylation sites (tertiary alicyclic amines) is 1. The van der Waals surface area contributed by atoms with Gasteiger partial charge in [0, 0.05) is 43.1 Å². The van der Waals surface area contributed by atoms with E-state index in [0.29, 0.717) is 6.61 Å². The lowest BCUT2D eigenvalue weighted by atomic mass is 9.77. The molecule has 3 aliphatic rings. The van der Waals surface area contributed by atoms with Crippen LogP contribution in [0.2, 0.25) is 0 Å². The molecule has 0 N–H and O–H groups in total. The first-order valence-corrected chi connectivity index (χ1v) is 11.8. The van der Waals surface area contributed by atoms with Crippen LogP contribution in [-0.4, -0.2) is 52.8 Å². The number of aryl methyl sites for hydroxylation is 1. The molecule has 2 saturated carbocycles. The van der Waals surface area contributed by atoms with Crippen molar-refractivity contribution in [2.24, 2.45) is 17.8 Å². The summed E-state index contributed by atoms with van der Waals surface area (Å²) in [4.78, 5) is 5.54. The van der Waals surface area contributed by atoms with E-state index in [1.165, 1.54) is 35.7 Å². The van der Waals surface area contributed by atoms with Crippen molar-refractivity contribution in [3.8, 4) is 0 Å². The normalized spacial score (nSPS) is 30.0. The number of hydrogen-bond acceptors (Lipinski definition) is 6. The minimum absolute atomic E-state index is 0.248. The lowest BCUT2D eigenvalue weighted by molar-refractivity contribution is -0.0376. The molecule has 5 rings (SSSR count). The Bertz CT molecular complexity index is 817. The first-order chi connectivity index (χ1) is 14.2. The van der Waals surface area contributed by atoms with Crippen molar-refractivity contribution >= 4 is 11.3 Å². The Morgan fingerprint density at radius 1 is 1.17 bits per heavy atom. The molecule has 1 saturated heterocycles. The molecular weight excluding hydrogens is 384 g/mol. The van der Waals surface area contributed by atoms with E-state index in [4.69, 9.17) is 9.47 Å². The van der Waals surface area contributed by atoms with Crippen molar-refractivity contribution in [2.75, 3.05) is 26.8 Å². The van der Waals surface area contributed by atoms with Crippen molar-refractivity contribution in [1.29, 1.82) is 0 Å². The number of aromatic nitrogens is 3. The van der Waals surface area contributed by atoms with Gasteiger partial charge in [0.15, 0.2) is 0 Å². The smallest absolute Gasteiger partial charge is 0.108 e. The molecule has 3 heterocycles. The van der Waals surface area contributed by atoms with E-state index in [2.05, 4.69) is 45.1 Å². The maximum Gasteiger partial charge on any atom is 0.108 e. The Morgan fingerprint density at radius 2 is 2.00 bits per heavy atom. The third-order valence-electron chi connectivity index (χ3n) is 6.77. The Balaban J connectivity index is 1.28. The van der Waals surface area contributed by atoms with Gasteiger partial charge in [-0.1, -0.05) is 5.21 Å². The van der Waals surface area contributed by atoms with Crippen LogP contribution in [0.25, 0.3) is 0 Å². The van der Waals surface area contributed by atoms with Crippen LogP contribution in [0, 0.1) is 24.7 Å². The molecule has 6 nitrogen and oxygen atoms in total. The maximum atomic E-state index is 6.47. The van der Waals surface area contributed by atoms with Gasteiger partial charge in [-0.05, 0) is 62.5 Å². The molecular formula is C22H32N4O2S. The van der Waals surface area contributed by atoms with Gasteiger partial charge in [0.05, 0.1) is 24.9 Å². The fraction of sp³-hybridized carbons (Fsp3) is 0.727. The van der Waals surface area contributed by atoms with Crippen LogP contribution < -0.4 is 0 Å². The summed E-state index contributed by atoms with van der Waals surface area (Å²) >= 11 is 1.93. The van der Waals surface area contributed by atoms with Gasteiger partial charge in [0.25, 0.3) is 0 Å². The van der Waals surface area contributed by atoms with Crippen LogP contribution in [0.4, 0.5) is 0 Å². The SMILES string of the molecule is COCc1cn([C@@H]2C[C@@H]3CN(Cc4ccc(C)s4)C[C@@H]3C[C@H]2OCC2CC2)nn1. The Morgan fingerprint density at radius 3 is 2.72 bits per heavy atom. The second-order valence-corrected chi connectivity index (χ2v) is 10.6. The lowest BCUT2D eigenvalue weighted by Crippen LogP contribution is -2.38. The summed E-state index contributed by atoms with van der Waals surface area (Å²) in [5.41, 5.74) is 0.900. The molecule has 0 unspecified atom stereocenters. The molecule has 29 heavy (non-hydrogen) atoms. The van der Waals surface area contributed by atoms with E-state index in [1.54, 1.807) is 7.11 Å². The third-order valence-corrected chi connectivity index (χ3v) is 7.75. The van der Waals surface area contributed by atoms with Crippen molar-refractivity contribution in [3.05, 3.63) is 33.8 Å². The standard InChI is InChI=1S/C22H32N4O2S/c1-15-3-6-20(29-15)12-25-9-17-7-21(26-11-19(14-27-2)23-24-26)22(8-18(17)10-25)28-13-16-4-5-16/h3,6,11,16-18,21-22H,4-5,7-10,12-14H2,1-2H3/t17-,18+,21-,22-/m1/s1. The third kappa shape index (κ3) is 4.58. The summed E-state index contributed by atoms with van der Waals surface area (Å²) in [5.74, 6) is 2.24. The summed E-state index contributed by atoms with van der Waals surface area (Å²) < 4.78 is 13.8. The zero-order chi connectivity index (χ0) is 19.8. The number of ether oxygens (including phenoxy) is 2. The number of thiophene rings is 1. The minimum Gasteiger partial charge on any atom is -0.378 e. The maximum absolute atomic E-state index is 6.47. The number of nitrogens with zero attached hydrogens (tertiary/aromatic N) is 4. The average Bonchev–Trinajstić information content (AvgIpc) is 3.06. The summed E-state index contributed by atoms with van der Waals surface area (Å²) in [7, 11) is 1.70. The largest absolute Gasteiger partial charge is 0.378 e. The van der Waals surface area contributed by atoms with Crippen molar-refractivity contribution in [1.82, 2.24) is 19.9 Å². The minimum atomic E-state index is 0.248. The zero-order valence-corrected chi connectivity index (χ0v) is 18.3. The van der Waals surface area contributed by atoms with Gasteiger partial charge in [0.2, 0.25) is 0 Å². The highest BCUT2D eigenvalue weighted by Gasteiger charge is 2.44. The van der Waals surface area contributed by atoms with Crippen LogP contribution >= 0.6 is 11.3 Å². The molecule has 0 bridgehead atoms. The number of hydrogen-bond donors (Lipinski definition) is 0. The summed E-state index contributed by atoms with van der Waals surface area (Å²) in [6.07, 6.45) is 7.25. The van der Waals surface area contributed by atoms with Crippen molar-refractivity contribution < 1.29 is 9.47 Å². The van der Waals surface area contributed by atoms with E-state index in [9.17, 15) is 0 Å².